The minimum atomic E-state index is 0.0868. The Kier molecular flexibility index (Phi) is 6.77. The summed E-state index contributed by atoms with van der Waals surface area (Å²) in [6.45, 7) is 2.41. The van der Waals surface area contributed by atoms with Crippen molar-refractivity contribution in [2.45, 2.75) is 25.7 Å². The Morgan fingerprint density at radius 1 is 0.774 bits per heavy atom. The van der Waals surface area contributed by atoms with Crippen LogP contribution in [0.3, 0.4) is 0 Å². The number of rotatable bonds is 7. The zero-order valence-corrected chi connectivity index (χ0v) is 17.7. The molecule has 1 aliphatic heterocycles. The van der Waals surface area contributed by atoms with E-state index in [-0.39, 0.29) is 11.8 Å². The molecule has 0 saturated carbocycles. The van der Waals surface area contributed by atoms with Crippen LogP contribution in [0.25, 0.3) is 5.69 Å². The number of amides is 2. The van der Waals surface area contributed by atoms with Gasteiger partial charge in [0.25, 0.3) is 0 Å². The number of aryl methyl sites for hydroxylation is 1. The number of nitrogens with zero attached hydrogens (tertiary/aromatic N) is 4. The van der Waals surface area contributed by atoms with Crippen molar-refractivity contribution >= 4 is 11.8 Å². The largest absolute Gasteiger partial charge is 0.339 e. The lowest BCUT2D eigenvalue weighted by Gasteiger charge is -2.35. The molecular weight excluding hydrogens is 388 g/mol. The Bertz CT molecular complexity index is 993. The maximum atomic E-state index is 12.7. The Morgan fingerprint density at radius 3 is 2.06 bits per heavy atom. The number of piperazine rings is 1. The first kappa shape index (κ1) is 20.8. The van der Waals surface area contributed by atoms with Crippen LogP contribution < -0.4 is 0 Å². The molecule has 0 aliphatic carbocycles. The van der Waals surface area contributed by atoms with E-state index in [1.165, 1.54) is 5.56 Å². The molecule has 1 aliphatic rings. The third-order valence-corrected chi connectivity index (χ3v) is 5.70. The van der Waals surface area contributed by atoms with Gasteiger partial charge in [-0.2, -0.15) is 5.10 Å². The second kappa shape index (κ2) is 10.1. The molecule has 2 aromatic carbocycles. The molecule has 160 valence electrons. The van der Waals surface area contributed by atoms with Gasteiger partial charge in [0.05, 0.1) is 18.3 Å². The topological polar surface area (TPSA) is 58.4 Å². The summed E-state index contributed by atoms with van der Waals surface area (Å²) in [5, 5.41) is 4.36. The number of hydrogen-bond donors (Lipinski definition) is 0. The number of benzene rings is 2. The second-order valence-corrected chi connectivity index (χ2v) is 7.91. The molecule has 1 saturated heterocycles. The molecule has 3 aromatic rings. The van der Waals surface area contributed by atoms with E-state index in [4.69, 9.17) is 0 Å². The molecular formula is C25H28N4O2. The Morgan fingerprint density at radius 2 is 1.39 bits per heavy atom. The summed E-state index contributed by atoms with van der Waals surface area (Å²) in [4.78, 5) is 29.0. The SMILES string of the molecule is O=C(CCCc1ccccc1)N1CCN(C(=O)Cc2cnn(-c3ccccc3)c2)CC1. The minimum Gasteiger partial charge on any atom is -0.339 e. The van der Waals surface area contributed by atoms with Crippen molar-refractivity contribution in [1.29, 1.82) is 0 Å². The van der Waals surface area contributed by atoms with Gasteiger partial charge < -0.3 is 9.80 Å². The average molecular weight is 417 g/mol. The summed E-state index contributed by atoms with van der Waals surface area (Å²) in [7, 11) is 0. The van der Waals surface area contributed by atoms with Gasteiger partial charge in [0.1, 0.15) is 0 Å². The fourth-order valence-electron chi connectivity index (χ4n) is 3.91. The van der Waals surface area contributed by atoms with E-state index in [9.17, 15) is 9.59 Å². The molecule has 2 heterocycles. The maximum Gasteiger partial charge on any atom is 0.227 e. The van der Waals surface area contributed by atoms with Gasteiger partial charge in [0.15, 0.2) is 0 Å². The molecule has 2 amide bonds. The van der Waals surface area contributed by atoms with Crippen molar-refractivity contribution in [3.05, 3.63) is 84.2 Å². The number of aromatic nitrogens is 2. The molecule has 1 aromatic heterocycles. The highest BCUT2D eigenvalue weighted by Crippen LogP contribution is 2.12. The van der Waals surface area contributed by atoms with Crippen molar-refractivity contribution in [2.24, 2.45) is 0 Å². The Labute approximate surface area is 183 Å². The van der Waals surface area contributed by atoms with E-state index in [0.29, 0.717) is 39.0 Å². The standard InChI is InChI=1S/C25H28N4O2/c30-24(13-7-10-21-8-3-1-4-9-21)27-14-16-28(17-15-27)25(31)18-22-19-26-29(20-22)23-11-5-2-6-12-23/h1-6,8-9,11-12,19-20H,7,10,13-18H2. The van der Waals surface area contributed by atoms with Crippen molar-refractivity contribution in [3.63, 3.8) is 0 Å². The quantitative estimate of drug-likeness (QED) is 0.595. The van der Waals surface area contributed by atoms with Crippen LogP contribution in [0.15, 0.2) is 73.1 Å². The van der Waals surface area contributed by atoms with Gasteiger partial charge in [-0.05, 0) is 36.1 Å². The molecule has 1 fully saturated rings. The van der Waals surface area contributed by atoms with E-state index in [1.807, 2.05) is 64.5 Å². The summed E-state index contributed by atoms with van der Waals surface area (Å²) in [6.07, 6.45) is 6.31. The van der Waals surface area contributed by atoms with Crippen LogP contribution >= 0.6 is 0 Å². The van der Waals surface area contributed by atoms with Gasteiger partial charge in [-0.25, -0.2) is 4.68 Å². The molecule has 0 spiro atoms. The fourth-order valence-corrected chi connectivity index (χ4v) is 3.91. The van der Waals surface area contributed by atoms with Gasteiger partial charge in [0.2, 0.25) is 11.8 Å². The predicted octanol–water partition coefficient (Wildman–Crippen LogP) is 3.11. The van der Waals surface area contributed by atoms with Crippen molar-refractivity contribution < 1.29 is 9.59 Å². The van der Waals surface area contributed by atoms with Gasteiger partial charge in [0, 0.05) is 38.8 Å². The van der Waals surface area contributed by atoms with Crippen LogP contribution in [0.4, 0.5) is 0 Å². The van der Waals surface area contributed by atoms with Crippen molar-refractivity contribution in [2.75, 3.05) is 26.2 Å². The number of hydrogen-bond acceptors (Lipinski definition) is 3. The first-order valence-corrected chi connectivity index (χ1v) is 10.9. The van der Waals surface area contributed by atoms with Crippen LogP contribution in [0.2, 0.25) is 0 Å². The average Bonchev–Trinajstić information content (AvgIpc) is 3.29. The molecule has 0 N–H and O–H groups in total. The smallest absolute Gasteiger partial charge is 0.227 e. The Balaban J connectivity index is 1.21. The van der Waals surface area contributed by atoms with E-state index < -0.39 is 0 Å². The molecule has 0 bridgehead atoms. The normalized spacial score (nSPS) is 13.9. The van der Waals surface area contributed by atoms with Crippen LogP contribution in [0.5, 0.6) is 0 Å². The second-order valence-electron chi connectivity index (χ2n) is 7.91. The molecule has 31 heavy (non-hydrogen) atoms. The molecule has 0 unspecified atom stereocenters. The van der Waals surface area contributed by atoms with E-state index >= 15 is 0 Å². The van der Waals surface area contributed by atoms with Gasteiger partial charge in [-0.1, -0.05) is 48.5 Å². The van der Waals surface area contributed by atoms with Crippen LogP contribution in [0, 0.1) is 0 Å². The summed E-state index contributed by atoms with van der Waals surface area (Å²) in [6, 6.07) is 20.1. The van der Waals surface area contributed by atoms with Gasteiger partial charge >= 0.3 is 0 Å². The number of carbonyl (C=O) groups is 2. The van der Waals surface area contributed by atoms with Gasteiger partial charge in [-0.15, -0.1) is 0 Å². The molecule has 4 rings (SSSR count). The predicted molar refractivity (Wildman–Crippen MR) is 120 cm³/mol. The summed E-state index contributed by atoms with van der Waals surface area (Å²) in [5.41, 5.74) is 3.13. The van der Waals surface area contributed by atoms with Crippen LogP contribution in [-0.2, 0) is 22.4 Å². The summed E-state index contributed by atoms with van der Waals surface area (Å²) < 4.78 is 1.79. The fraction of sp³-hybridized carbons (Fsp3) is 0.320. The highest BCUT2D eigenvalue weighted by atomic mass is 16.2. The third-order valence-electron chi connectivity index (χ3n) is 5.70. The van der Waals surface area contributed by atoms with E-state index in [2.05, 4.69) is 17.2 Å². The highest BCUT2D eigenvalue weighted by Gasteiger charge is 2.24. The minimum absolute atomic E-state index is 0.0868. The first-order valence-electron chi connectivity index (χ1n) is 10.9. The molecule has 6 heteroatoms. The monoisotopic (exact) mass is 416 g/mol. The zero-order valence-electron chi connectivity index (χ0n) is 17.7. The lowest BCUT2D eigenvalue weighted by molar-refractivity contribution is -0.139. The number of carbonyl (C=O) groups excluding carboxylic acids is 2. The zero-order chi connectivity index (χ0) is 21.5. The van der Waals surface area contributed by atoms with Crippen LogP contribution in [-0.4, -0.2) is 57.6 Å². The lowest BCUT2D eigenvalue weighted by Crippen LogP contribution is -2.50. The van der Waals surface area contributed by atoms with E-state index in [0.717, 1.165) is 24.1 Å². The highest BCUT2D eigenvalue weighted by molar-refractivity contribution is 5.80. The first-order chi connectivity index (χ1) is 15.2. The summed E-state index contributed by atoms with van der Waals surface area (Å²) in [5.74, 6) is 0.274. The van der Waals surface area contributed by atoms with Crippen LogP contribution in [0.1, 0.15) is 24.0 Å². The Hall–Kier alpha value is -3.41. The van der Waals surface area contributed by atoms with E-state index in [1.54, 1.807) is 10.9 Å². The third kappa shape index (κ3) is 5.60. The summed E-state index contributed by atoms with van der Waals surface area (Å²) >= 11 is 0. The maximum absolute atomic E-state index is 12.7. The molecule has 6 nitrogen and oxygen atoms in total. The molecule has 0 radical (unpaired) electrons. The lowest BCUT2D eigenvalue weighted by atomic mass is 10.1. The van der Waals surface area contributed by atoms with Gasteiger partial charge in [-0.3, -0.25) is 9.59 Å². The number of para-hydroxylation sites is 1. The van der Waals surface area contributed by atoms with Crippen molar-refractivity contribution in [1.82, 2.24) is 19.6 Å². The van der Waals surface area contributed by atoms with Crippen molar-refractivity contribution in [3.8, 4) is 5.69 Å². The molecule has 0 atom stereocenters.